The first-order valence-corrected chi connectivity index (χ1v) is 6.02. The summed E-state index contributed by atoms with van der Waals surface area (Å²) < 4.78 is 31.9. The lowest BCUT2D eigenvalue weighted by Crippen LogP contribution is -2.00. The Morgan fingerprint density at radius 2 is 1.84 bits per heavy atom. The van der Waals surface area contributed by atoms with E-state index in [1.54, 1.807) is 12.1 Å². The number of benzene rings is 2. The van der Waals surface area contributed by atoms with Crippen LogP contribution >= 0.6 is 11.6 Å². The van der Waals surface area contributed by atoms with Gasteiger partial charge in [0.2, 0.25) is 0 Å². The second-order valence-electron chi connectivity index (χ2n) is 4.04. The third-order valence-electron chi connectivity index (χ3n) is 2.56. The maximum absolute atomic E-state index is 13.2. The van der Waals surface area contributed by atoms with E-state index < -0.39 is 11.6 Å². The predicted molar refractivity (Wildman–Crippen MR) is 70.0 cm³/mol. The van der Waals surface area contributed by atoms with Crippen LogP contribution in [-0.2, 0) is 13.2 Å². The number of halogens is 3. The van der Waals surface area contributed by atoms with Gasteiger partial charge in [-0.1, -0.05) is 17.7 Å². The lowest BCUT2D eigenvalue weighted by Gasteiger charge is -2.08. The van der Waals surface area contributed by atoms with Crippen molar-refractivity contribution in [2.24, 2.45) is 5.73 Å². The maximum Gasteiger partial charge on any atom is 0.142 e. The Balaban J connectivity index is 2.09. The average molecular weight is 284 g/mol. The van der Waals surface area contributed by atoms with E-state index in [1.165, 1.54) is 24.3 Å². The van der Waals surface area contributed by atoms with Crippen LogP contribution in [0.4, 0.5) is 8.78 Å². The molecule has 2 aromatic rings. The molecule has 2 rings (SSSR count). The van der Waals surface area contributed by atoms with Crippen LogP contribution in [0.5, 0.6) is 5.75 Å². The fourth-order valence-corrected chi connectivity index (χ4v) is 1.74. The Labute approximate surface area is 114 Å². The van der Waals surface area contributed by atoms with E-state index in [1.807, 2.05) is 0 Å². The van der Waals surface area contributed by atoms with Gasteiger partial charge in [-0.15, -0.1) is 0 Å². The second kappa shape index (κ2) is 5.99. The quantitative estimate of drug-likeness (QED) is 0.929. The molecule has 2 nitrogen and oxygen atoms in total. The van der Waals surface area contributed by atoms with E-state index in [0.717, 1.165) is 0 Å². The molecule has 0 aliphatic rings. The summed E-state index contributed by atoms with van der Waals surface area (Å²) in [7, 11) is 0. The number of ether oxygens (including phenoxy) is 1. The van der Waals surface area contributed by atoms with Crippen LogP contribution in [-0.4, -0.2) is 0 Å². The highest BCUT2D eigenvalue weighted by Crippen LogP contribution is 2.19. The van der Waals surface area contributed by atoms with Crippen molar-refractivity contribution in [2.75, 3.05) is 0 Å². The van der Waals surface area contributed by atoms with Crippen LogP contribution < -0.4 is 10.5 Å². The Bertz CT molecular complexity index is 590. The largest absolute Gasteiger partial charge is 0.489 e. The minimum Gasteiger partial charge on any atom is -0.489 e. The molecule has 0 aliphatic heterocycles. The molecule has 19 heavy (non-hydrogen) atoms. The molecule has 0 unspecified atom stereocenters. The van der Waals surface area contributed by atoms with Gasteiger partial charge in [0.1, 0.15) is 24.0 Å². The van der Waals surface area contributed by atoms with E-state index in [4.69, 9.17) is 22.1 Å². The molecule has 100 valence electrons. The summed E-state index contributed by atoms with van der Waals surface area (Å²) in [5.41, 5.74) is 6.69. The van der Waals surface area contributed by atoms with Crippen molar-refractivity contribution in [3.63, 3.8) is 0 Å². The SMILES string of the molecule is NCc1cc(F)cc(OCc2ccc(Cl)c(F)c2)c1. The fourth-order valence-electron chi connectivity index (χ4n) is 1.62. The summed E-state index contributed by atoms with van der Waals surface area (Å²) in [6.07, 6.45) is 0. The lowest BCUT2D eigenvalue weighted by molar-refractivity contribution is 0.303. The summed E-state index contributed by atoms with van der Waals surface area (Å²) in [6.45, 7) is 0.352. The van der Waals surface area contributed by atoms with Crippen molar-refractivity contribution >= 4 is 11.6 Å². The number of hydrogen-bond acceptors (Lipinski definition) is 2. The minimum absolute atomic E-state index is 0.0555. The van der Waals surface area contributed by atoms with Crippen molar-refractivity contribution < 1.29 is 13.5 Å². The fraction of sp³-hybridized carbons (Fsp3) is 0.143. The molecule has 0 aromatic heterocycles. The van der Waals surface area contributed by atoms with Gasteiger partial charge in [0, 0.05) is 12.6 Å². The highest BCUT2D eigenvalue weighted by atomic mass is 35.5. The predicted octanol–water partition coefficient (Wildman–Crippen LogP) is 3.66. The summed E-state index contributed by atoms with van der Waals surface area (Å²) in [5.74, 6) is -0.569. The highest BCUT2D eigenvalue weighted by molar-refractivity contribution is 6.30. The zero-order valence-corrected chi connectivity index (χ0v) is 10.8. The van der Waals surface area contributed by atoms with E-state index in [-0.39, 0.29) is 18.2 Å². The third kappa shape index (κ3) is 3.66. The summed E-state index contributed by atoms with van der Waals surface area (Å²) in [6, 6.07) is 8.63. The Morgan fingerprint density at radius 3 is 2.53 bits per heavy atom. The first-order valence-electron chi connectivity index (χ1n) is 5.65. The molecular formula is C14H12ClF2NO. The molecular weight excluding hydrogens is 272 g/mol. The van der Waals surface area contributed by atoms with Crippen molar-refractivity contribution in [2.45, 2.75) is 13.2 Å². The number of hydrogen-bond donors (Lipinski definition) is 1. The molecule has 0 radical (unpaired) electrons. The van der Waals surface area contributed by atoms with Crippen molar-refractivity contribution in [3.8, 4) is 5.75 Å². The van der Waals surface area contributed by atoms with E-state index >= 15 is 0 Å². The average Bonchev–Trinajstić information content (AvgIpc) is 2.39. The Kier molecular flexibility index (Phi) is 4.35. The van der Waals surface area contributed by atoms with E-state index in [9.17, 15) is 8.78 Å². The first-order chi connectivity index (χ1) is 9.08. The zero-order chi connectivity index (χ0) is 13.8. The molecule has 0 spiro atoms. The summed E-state index contributed by atoms with van der Waals surface area (Å²) in [5, 5.41) is 0.0555. The molecule has 0 saturated heterocycles. The van der Waals surface area contributed by atoms with Crippen molar-refractivity contribution in [1.29, 1.82) is 0 Å². The van der Waals surface area contributed by atoms with Crippen LogP contribution in [0.25, 0.3) is 0 Å². The van der Waals surface area contributed by atoms with Gasteiger partial charge in [-0.25, -0.2) is 8.78 Å². The standard InChI is InChI=1S/C14H12ClF2NO/c15-13-2-1-9(5-14(13)17)8-19-12-4-10(7-18)3-11(16)6-12/h1-6H,7-8,18H2. The third-order valence-corrected chi connectivity index (χ3v) is 2.86. The van der Waals surface area contributed by atoms with Crippen molar-refractivity contribution in [3.05, 3.63) is 64.2 Å². The smallest absolute Gasteiger partial charge is 0.142 e. The maximum atomic E-state index is 13.2. The molecule has 0 aliphatic carbocycles. The number of nitrogens with two attached hydrogens (primary N) is 1. The molecule has 0 amide bonds. The molecule has 0 atom stereocenters. The molecule has 2 N–H and O–H groups in total. The second-order valence-corrected chi connectivity index (χ2v) is 4.44. The van der Waals surface area contributed by atoms with E-state index in [2.05, 4.69) is 0 Å². The molecule has 5 heteroatoms. The highest BCUT2D eigenvalue weighted by Gasteiger charge is 2.04. The lowest BCUT2D eigenvalue weighted by atomic mass is 10.2. The Morgan fingerprint density at radius 1 is 1.05 bits per heavy atom. The minimum atomic E-state index is -0.510. The molecule has 0 fully saturated rings. The van der Waals surface area contributed by atoms with E-state index in [0.29, 0.717) is 16.9 Å². The van der Waals surface area contributed by atoms with Gasteiger partial charge < -0.3 is 10.5 Å². The van der Waals surface area contributed by atoms with Gasteiger partial charge in [-0.2, -0.15) is 0 Å². The van der Waals surface area contributed by atoms with Gasteiger partial charge >= 0.3 is 0 Å². The summed E-state index contributed by atoms with van der Waals surface area (Å²) in [4.78, 5) is 0. The normalized spacial score (nSPS) is 10.5. The van der Waals surface area contributed by atoms with Crippen LogP contribution in [0, 0.1) is 11.6 Å². The first kappa shape index (κ1) is 13.8. The number of rotatable bonds is 4. The van der Waals surface area contributed by atoms with Crippen LogP contribution in [0.2, 0.25) is 5.02 Å². The van der Waals surface area contributed by atoms with Gasteiger partial charge in [0.15, 0.2) is 0 Å². The molecule has 0 heterocycles. The van der Waals surface area contributed by atoms with Crippen molar-refractivity contribution in [1.82, 2.24) is 0 Å². The molecule has 0 saturated carbocycles. The molecule has 0 bridgehead atoms. The topological polar surface area (TPSA) is 35.2 Å². The van der Waals surface area contributed by atoms with Gasteiger partial charge in [0.25, 0.3) is 0 Å². The Hall–Kier alpha value is -1.65. The van der Waals surface area contributed by atoms with Crippen LogP contribution in [0.3, 0.4) is 0 Å². The van der Waals surface area contributed by atoms with Gasteiger partial charge in [-0.3, -0.25) is 0 Å². The van der Waals surface area contributed by atoms with Gasteiger partial charge in [0.05, 0.1) is 5.02 Å². The van der Waals surface area contributed by atoms with Crippen LogP contribution in [0.1, 0.15) is 11.1 Å². The molecule has 2 aromatic carbocycles. The summed E-state index contributed by atoms with van der Waals surface area (Å²) >= 11 is 5.58. The zero-order valence-electron chi connectivity index (χ0n) is 10.00. The van der Waals surface area contributed by atoms with Crippen LogP contribution in [0.15, 0.2) is 36.4 Å². The van der Waals surface area contributed by atoms with Gasteiger partial charge in [-0.05, 0) is 35.4 Å². The monoisotopic (exact) mass is 283 g/mol.